The molecule has 104 valence electrons. The summed E-state index contributed by atoms with van der Waals surface area (Å²) in [5.74, 6) is 0.396. The highest BCUT2D eigenvalue weighted by atomic mass is 19.1. The van der Waals surface area contributed by atoms with Gasteiger partial charge in [-0.2, -0.15) is 0 Å². The lowest BCUT2D eigenvalue weighted by Crippen LogP contribution is -2.26. The number of rotatable bonds is 2. The summed E-state index contributed by atoms with van der Waals surface area (Å²) in [4.78, 5) is 0. The first-order valence-electron chi connectivity index (χ1n) is 6.87. The Morgan fingerprint density at radius 3 is 2.75 bits per heavy atom. The lowest BCUT2D eigenvalue weighted by Gasteiger charge is -2.33. The molecule has 0 aliphatic carbocycles. The Balaban J connectivity index is 1.93. The molecule has 20 heavy (non-hydrogen) atoms. The predicted octanol–water partition coefficient (Wildman–Crippen LogP) is 4.18. The quantitative estimate of drug-likeness (QED) is 0.884. The van der Waals surface area contributed by atoms with Gasteiger partial charge in [0.15, 0.2) is 11.6 Å². The predicted molar refractivity (Wildman–Crippen MR) is 78.6 cm³/mol. The smallest absolute Gasteiger partial charge is 0.165 e. The van der Waals surface area contributed by atoms with Crippen molar-refractivity contribution in [1.29, 1.82) is 0 Å². The number of fused-ring (bicyclic) bond motifs is 1. The van der Waals surface area contributed by atoms with Gasteiger partial charge in [-0.15, -0.1) is 0 Å². The van der Waals surface area contributed by atoms with E-state index >= 15 is 0 Å². The van der Waals surface area contributed by atoms with Crippen molar-refractivity contribution in [3.63, 3.8) is 0 Å². The minimum atomic E-state index is -0.308. The van der Waals surface area contributed by atoms with Crippen molar-refractivity contribution in [2.45, 2.75) is 19.4 Å². The van der Waals surface area contributed by atoms with Gasteiger partial charge in [-0.25, -0.2) is 4.39 Å². The van der Waals surface area contributed by atoms with Gasteiger partial charge in [-0.05, 0) is 41.7 Å². The summed E-state index contributed by atoms with van der Waals surface area (Å²) in [5, 5.41) is 3.52. The van der Waals surface area contributed by atoms with Crippen LogP contribution in [0.15, 0.2) is 42.5 Å². The number of ether oxygens (including phenoxy) is 1. The molecule has 0 saturated heterocycles. The molecule has 2 unspecified atom stereocenters. The van der Waals surface area contributed by atoms with E-state index < -0.39 is 0 Å². The van der Waals surface area contributed by atoms with Gasteiger partial charge >= 0.3 is 0 Å². The highest BCUT2D eigenvalue weighted by molar-refractivity contribution is 5.55. The number of methoxy groups -OCH3 is 1. The molecular formula is C17H18FNO. The molecule has 0 amide bonds. The molecule has 0 fully saturated rings. The van der Waals surface area contributed by atoms with Crippen molar-refractivity contribution in [1.82, 2.24) is 0 Å². The monoisotopic (exact) mass is 271 g/mol. The average Bonchev–Trinajstić information content (AvgIpc) is 2.46. The molecule has 2 nitrogen and oxygen atoms in total. The van der Waals surface area contributed by atoms with Crippen LogP contribution in [-0.4, -0.2) is 7.11 Å². The van der Waals surface area contributed by atoms with Crippen LogP contribution in [0, 0.1) is 11.7 Å². The lowest BCUT2D eigenvalue weighted by atomic mass is 9.85. The van der Waals surface area contributed by atoms with E-state index in [2.05, 4.69) is 30.4 Å². The fourth-order valence-corrected chi connectivity index (χ4v) is 2.90. The molecule has 0 bridgehead atoms. The summed E-state index contributed by atoms with van der Waals surface area (Å²) < 4.78 is 18.9. The first-order chi connectivity index (χ1) is 9.69. The molecule has 1 aliphatic rings. The summed E-state index contributed by atoms with van der Waals surface area (Å²) >= 11 is 0. The van der Waals surface area contributed by atoms with E-state index in [0.717, 1.165) is 17.7 Å². The van der Waals surface area contributed by atoms with Gasteiger partial charge in [0, 0.05) is 5.69 Å². The maximum atomic E-state index is 13.9. The standard InChI is InChI=1S/C17H18FNO/c1-11-9-12-5-3-4-6-15(12)19-17(11)13-7-8-16(20-2)14(18)10-13/h3-8,10-11,17,19H,9H2,1-2H3. The number of nitrogens with one attached hydrogen (secondary N) is 1. The third-order valence-corrected chi connectivity index (χ3v) is 3.97. The Kier molecular flexibility index (Phi) is 3.35. The van der Waals surface area contributed by atoms with Crippen molar-refractivity contribution < 1.29 is 9.13 Å². The summed E-state index contributed by atoms with van der Waals surface area (Å²) in [6.07, 6.45) is 1.00. The fraction of sp³-hybridized carbons (Fsp3) is 0.294. The molecule has 2 aromatic carbocycles. The molecule has 3 heteroatoms. The van der Waals surface area contributed by atoms with Gasteiger partial charge in [0.25, 0.3) is 0 Å². The van der Waals surface area contributed by atoms with Gasteiger partial charge in [-0.3, -0.25) is 0 Å². The number of para-hydroxylation sites is 1. The molecule has 0 spiro atoms. The zero-order valence-electron chi connectivity index (χ0n) is 11.7. The molecule has 2 atom stereocenters. The summed E-state index contributed by atoms with van der Waals surface area (Å²) in [6, 6.07) is 13.6. The first-order valence-corrected chi connectivity index (χ1v) is 6.87. The molecule has 0 radical (unpaired) electrons. The second-order valence-corrected chi connectivity index (χ2v) is 5.35. The van der Waals surface area contributed by atoms with E-state index in [1.165, 1.54) is 12.7 Å². The van der Waals surface area contributed by atoms with Crippen LogP contribution in [0.2, 0.25) is 0 Å². The van der Waals surface area contributed by atoms with E-state index in [1.54, 1.807) is 12.1 Å². The van der Waals surface area contributed by atoms with Crippen LogP contribution in [0.25, 0.3) is 0 Å². The Bertz CT molecular complexity index is 626. The Morgan fingerprint density at radius 2 is 2.00 bits per heavy atom. The van der Waals surface area contributed by atoms with Crippen LogP contribution in [0.3, 0.4) is 0 Å². The minimum absolute atomic E-state index is 0.130. The number of hydrogen-bond donors (Lipinski definition) is 1. The normalized spacial score (nSPS) is 20.9. The Morgan fingerprint density at radius 1 is 1.20 bits per heavy atom. The maximum absolute atomic E-state index is 13.9. The van der Waals surface area contributed by atoms with Crippen LogP contribution in [0.4, 0.5) is 10.1 Å². The summed E-state index contributed by atoms with van der Waals surface area (Å²) in [7, 11) is 1.48. The SMILES string of the molecule is COc1ccc(C2Nc3ccccc3CC2C)cc1F. The topological polar surface area (TPSA) is 21.3 Å². The molecule has 0 aromatic heterocycles. The molecule has 1 N–H and O–H groups in total. The zero-order chi connectivity index (χ0) is 14.1. The van der Waals surface area contributed by atoms with Crippen molar-refractivity contribution in [3.8, 4) is 5.75 Å². The molecule has 2 aromatic rings. The van der Waals surface area contributed by atoms with Crippen LogP contribution >= 0.6 is 0 Å². The van der Waals surface area contributed by atoms with Crippen LogP contribution in [-0.2, 0) is 6.42 Å². The minimum Gasteiger partial charge on any atom is -0.494 e. The first kappa shape index (κ1) is 13.0. The maximum Gasteiger partial charge on any atom is 0.165 e. The van der Waals surface area contributed by atoms with E-state index in [0.29, 0.717) is 5.92 Å². The van der Waals surface area contributed by atoms with Crippen molar-refractivity contribution >= 4 is 5.69 Å². The molecular weight excluding hydrogens is 253 g/mol. The van der Waals surface area contributed by atoms with E-state index in [1.807, 2.05) is 12.1 Å². The molecule has 1 heterocycles. The van der Waals surface area contributed by atoms with Crippen molar-refractivity contribution in [3.05, 3.63) is 59.4 Å². The second kappa shape index (κ2) is 5.16. The lowest BCUT2D eigenvalue weighted by molar-refractivity contribution is 0.385. The van der Waals surface area contributed by atoms with Crippen molar-refractivity contribution in [2.75, 3.05) is 12.4 Å². The van der Waals surface area contributed by atoms with Gasteiger partial charge in [0.05, 0.1) is 13.2 Å². The summed E-state index contributed by atoms with van der Waals surface area (Å²) in [6.45, 7) is 2.19. The average molecular weight is 271 g/mol. The fourth-order valence-electron chi connectivity index (χ4n) is 2.90. The largest absolute Gasteiger partial charge is 0.494 e. The van der Waals surface area contributed by atoms with Crippen molar-refractivity contribution in [2.24, 2.45) is 5.92 Å². The van der Waals surface area contributed by atoms with Gasteiger partial charge < -0.3 is 10.1 Å². The zero-order valence-corrected chi connectivity index (χ0v) is 11.7. The van der Waals surface area contributed by atoms with Gasteiger partial charge in [0.1, 0.15) is 0 Å². The number of hydrogen-bond acceptors (Lipinski definition) is 2. The Hall–Kier alpha value is -2.03. The molecule has 3 rings (SSSR count). The van der Waals surface area contributed by atoms with E-state index in [-0.39, 0.29) is 17.6 Å². The number of benzene rings is 2. The number of anilines is 1. The molecule has 0 saturated carbocycles. The Labute approximate surface area is 118 Å². The van der Waals surface area contributed by atoms with Gasteiger partial charge in [0.2, 0.25) is 0 Å². The van der Waals surface area contributed by atoms with Gasteiger partial charge in [-0.1, -0.05) is 31.2 Å². The van der Waals surface area contributed by atoms with Crippen LogP contribution in [0.5, 0.6) is 5.75 Å². The summed E-state index contributed by atoms with van der Waals surface area (Å²) in [5.41, 5.74) is 3.43. The third kappa shape index (κ3) is 2.24. The second-order valence-electron chi connectivity index (χ2n) is 5.35. The van der Waals surface area contributed by atoms with E-state index in [9.17, 15) is 4.39 Å². The highest BCUT2D eigenvalue weighted by Gasteiger charge is 2.26. The van der Waals surface area contributed by atoms with Crippen LogP contribution < -0.4 is 10.1 Å². The van der Waals surface area contributed by atoms with Crippen LogP contribution in [0.1, 0.15) is 24.1 Å². The number of halogens is 1. The highest BCUT2D eigenvalue weighted by Crippen LogP contribution is 2.37. The third-order valence-electron chi connectivity index (χ3n) is 3.97. The van der Waals surface area contributed by atoms with E-state index in [4.69, 9.17) is 4.74 Å². The molecule has 1 aliphatic heterocycles.